The summed E-state index contributed by atoms with van der Waals surface area (Å²) in [5.41, 5.74) is 0.322. The van der Waals surface area contributed by atoms with Crippen LogP contribution in [0.1, 0.15) is 36.5 Å². The molecule has 2 rings (SSSR count). The van der Waals surface area contributed by atoms with Gasteiger partial charge in [-0.15, -0.1) is 0 Å². The summed E-state index contributed by atoms with van der Waals surface area (Å²) in [6.45, 7) is 1.95. The molecule has 0 radical (unpaired) electrons. The van der Waals surface area contributed by atoms with Crippen molar-refractivity contribution in [1.29, 1.82) is 0 Å². The van der Waals surface area contributed by atoms with Crippen molar-refractivity contribution in [3.8, 4) is 0 Å². The number of rotatable bonds is 4. The molecule has 114 valence electrons. The number of carbonyl (C=O) groups excluding carboxylic acids is 2. The third-order valence-corrected chi connectivity index (χ3v) is 3.57. The van der Waals surface area contributed by atoms with Gasteiger partial charge >= 0.3 is 5.97 Å². The van der Waals surface area contributed by atoms with Crippen molar-refractivity contribution < 1.29 is 23.9 Å². The molecular formula is C14H18N2O5. The largest absolute Gasteiger partial charge is 0.480 e. The molecular weight excluding hydrogens is 276 g/mol. The number of amides is 2. The highest BCUT2D eigenvalue weighted by molar-refractivity contribution is 5.97. The van der Waals surface area contributed by atoms with Gasteiger partial charge in [-0.2, -0.15) is 0 Å². The minimum atomic E-state index is -1.00. The van der Waals surface area contributed by atoms with Crippen LogP contribution in [-0.4, -0.2) is 46.4 Å². The van der Waals surface area contributed by atoms with Crippen LogP contribution in [0.4, 0.5) is 0 Å². The SMILES string of the molecule is CC(NC(=O)c1ccoc1)C(=O)N1CCCC[C@@H]1C(=O)O. The van der Waals surface area contributed by atoms with E-state index in [1.165, 1.54) is 23.5 Å². The minimum Gasteiger partial charge on any atom is -0.480 e. The first kappa shape index (κ1) is 15.1. The van der Waals surface area contributed by atoms with Crippen LogP contribution in [0.2, 0.25) is 0 Å². The van der Waals surface area contributed by atoms with Crippen LogP contribution in [0, 0.1) is 0 Å². The van der Waals surface area contributed by atoms with Crippen LogP contribution in [0.3, 0.4) is 0 Å². The van der Waals surface area contributed by atoms with Gasteiger partial charge in [0.05, 0.1) is 11.8 Å². The van der Waals surface area contributed by atoms with Crippen LogP contribution in [-0.2, 0) is 9.59 Å². The fourth-order valence-corrected chi connectivity index (χ4v) is 2.44. The Morgan fingerprint density at radius 1 is 1.43 bits per heavy atom. The molecule has 0 spiro atoms. The number of nitrogens with zero attached hydrogens (tertiary/aromatic N) is 1. The topological polar surface area (TPSA) is 99.9 Å². The average molecular weight is 294 g/mol. The molecule has 1 aliphatic rings. The number of carboxylic acids is 1. The highest BCUT2D eigenvalue weighted by Gasteiger charge is 2.34. The molecule has 2 heterocycles. The normalized spacial score (nSPS) is 19.9. The number of hydrogen-bond acceptors (Lipinski definition) is 4. The molecule has 0 aromatic carbocycles. The second-order valence-corrected chi connectivity index (χ2v) is 5.09. The summed E-state index contributed by atoms with van der Waals surface area (Å²) < 4.78 is 4.81. The summed E-state index contributed by atoms with van der Waals surface area (Å²) in [5.74, 6) is -1.80. The molecule has 1 aromatic heterocycles. The van der Waals surface area contributed by atoms with E-state index >= 15 is 0 Å². The van der Waals surface area contributed by atoms with Crippen molar-refractivity contribution >= 4 is 17.8 Å². The molecule has 2 atom stereocenters. The molecule has 0 aliphatic carbocycles. The predicted molar refractivity (Wildman–Crippen MR) is 72.6 cm³/mol. The highest BCUT2D eigenvalue weighted by Crippen LogP contribution is 2.18. The van der Waals surface area contributed by atoms with Crippen molar-refractivity contribution in [1.82, 2.24) is 10.2 Å². The molecule has 21 heavy (non-hydrogen) atoms. The van der Waals surface area contributed by atoms with Crippen LogP contribution >= 0.6 is 0 Å². The van der Waals surface area contributed by atoms with E-state index in [2.05, 4.69) is 5.32 Å². The summed E-state index contributed by atoms with van der Waals surface area (Å²) in [6, 6.07) is -0.0973. The Balaban J connectivity index is 2.00. The lowest BCUT2D eigenvalue weighted by molar-refractivity contribution is -0.152. The van der Waals surface area contributed by atoms with E-state index in [0.29, 0.717) is 18.5 Å². The predicted octanol–water partition coefficient (Wildman–Crippen LogP) is 0.864. The van der Waals surface area contributed by atoms with Gasteiger partial charge in [-0.1, -0.05) is 0 Å². The Morgan fingerprint density at radius 2 is 2.19 bits per heavy atom. The molecule has 0 saturated carbocycles. The van der Waals surface area contributed by atoms with Gasteiger partial charge in [0, 0.05) is 6.54 Å². The Labute approximate surface area is 121 Å². The molecule has 1 unspecified atom stereocenters. The van der Waals surface area contributed by atoms with E-state index in [4.69, 9.17) is 4.42 Å². The highest BCUT2D eigenvalue weighted by atomic mass is 16.4. The summed E-state index contributed by atoms with van der Waals surface area (Å²) in [5, 5.41) is 11.7. The molecule has 2 N–H and O–H groups in total. The number of furan rings is 1. The molecule has 2 amide bonds. The smallest absolute Gasteiger partial charge is 0.326 e. The fraction of sp³-hybridized carbons (Fsp3) is 0.500. The van der Waals surface area contributed by atoms with Crippen molar-refractivity contribution in [2.45, 2.75) is 38.3 Å². The number of hydrogen-bond donors (Lipinski definition) is 2. The summed E-state index contributed by atoms with van der Waals surface area (Å²) in [7, 11) is 0. The van der Waals surface area contributed by atoms with Gasteiger partial charge in [0.1, 0.15) is 18.3 Å². The number of piperidine rings is 1. The lowest BCUT2D eigenvalue weighted by atomic mass is 10.0. The Kier molecular flexibility index (Phi) is 4.62. The molecule has 1 saturated heterocycles. The number of carboxylic acid groups (broad SMARTS) is 1. The summed E-state index contributed by atoms with van der Waals surface area (Å²) >= 11 is 0. The molecule has 1 fully saturated rings. The van der Waals surface area contributed by atoms with Crippen LogP contribution in [0.25, 0.3) is 0 Å². The number of nitrogens with one attached hydrogen (secondary N) is 1. The second kappa shape index (κ2) is 6.43. The van der Waals surface area contributed by atoms with Crippen molar-refractivity contribution in [3.63, 3.8) is 0 Å². The lowest BCUT2D eigenvalue weighted by Gasteiger charge is -2.34. The van der Waals surface area contributed by atoms with Crippen LogP contribution in [0.15, 0.2) is 23.0 Å². The first-order valence-electron chi connectivity index (χ1n) is 6.87. The minimum absolute atomic E-state index is 0.322. The van der Waals surface area contributed by atoms with Crippen LogP contribution in [0.5, 0.6) is 0 Å². The molecule has 0 bridgehead atoms. The van der Waals surface area contributed by atoms with E-state index in [1.54, 1.807) is 6.92 Å². The molecule has 7 nitrogen and oxygen atoms in total. The Morgan fingerprint density at radius 3 is 2.81 bits per heavy atom. The zero-order valence-electron chi connectivity index (χ0n) is 11.7. The van der Waals surface area contributed by atoms with Gasteiger partial charge < -0.3 is 19.7 Å². The number of carbonyl (C=O) groups is 3. The molecule has 1 aromatic rings. The fourth-order valence-electron chi connectivity index (χ4n) is 2.44. The van der Waals surface area contributed by atoms with E-state index in [1.807, 2.05) is 0 Å². The Bertz CT molecular complexity index is 525. The average Bonchev–Trinajstić information content (AvgIpc) is 3.00. The van der Waals surface area contributed by atoms with E-state index in [9.17, 15) is 19.5 Å². The standard InChI is InChI=1S/C14H18N2O5/c1-9(15-12(17)10-5-7-21-8-10)13(18)16-6-3-2-4-11(16)14(19)20/h5,7-9,11H,2-4,6H2,1H3,(H,15,17)(H,19,20)/t9?,11-/m1/s1. The molecule has 1 aliphatic heterocycles. The quantitative estimate of drug-likeness (QED) is 0.858. The summed E-state index contributed by atoms with van der Waals surface area (Å²) in [6.07, 6.45) is 4.66. The van der Waals surface area contributed by atoms with Gasteiger partial charge in [0.15, 0.2) is 0 Å². The van der Waals surface area contributed by atoms with E-state index in [-0.39, 0.29) is 5.91 Å². The van der Waals surface area contributed by atoms with Gasteiger partial charge in [-0.25, -0.2) is 4.79 Å². The lowest BCUT2D eigenvalue weighted by Crippen LogP contribution is -2.54. The van der Waals surface area contributed by atoms with E-state index in [0.717, 1.165) is 12.8 Å². The summed E-state index contributed by atoms with van der Waals surface area (Å²) in [4.78, 5) is 36.7. The first-order valence-corrected chi connectivity index (χ1v) is 6.87. The zero-order valence-corrected chi connectivity index (χ0v) is 11.7. The number of likely N-dealkylation sites (tertiary alicyclic amines) is 1. The first-order chi connectivity index (χ1) is 10.0. The van der Waals surface area contributed by atoms with Gasteiger partial charge in [-0.05, 0) is 32.3 Å². The maximum Gasteiger partial charge on any atom is 0.326 e. The monoisotopic (exact) mass is 294 g/mol. The van der Waals surface area contributed by atoms with Crippen molar-refractivity contribution in [2.75, 3.05) is 6.54 Å². The third kappa shape index (κ3) is 3.42. The Hall–Kier alpha value is -2.31. The number of aliphatic carboxylic acids is 1. The van der Waals surface area contributed by atoms with Gasteiger partial charge in [0.25, 0.3) is 5.91 Å². The van der Waals surface area contributed by atoms with E-state index < -0.39 is 24.0 Å². The van der Waals surface area contributed by atoms with Crippen LogP contribution < -0.4 is 5.32 Å². The van der Waals surface area contributed by atoms with Crippen molar-refractivity contribution in [2.24, 2.45) is 0 Å². The van der Waals surface area contributed by atoms with Gasteiger partial charge in [0.2, 0.25) is 5.91 Å². The maximum atomic E-state index is 12.3. The second-order valence-electron chi connectivity index (χ2n) is 5.09. The maximum absolute atomic E-state index is 12.3. The molecule has 7 heteroatoms. The third-order valence-electron chi connectivity index (χ3n) is 3.57. The zero-order chi connectivity index (χ0) is 15.4. The van der Waals surface area contributed by atoms with Crippen molar-refractivity contribution in [3.05, 3.63) is 24.2 Å². The van der Waals surface area contributed by atoms with Gasteiger partial charge in [-0.3, -0.25) is 9.59 Å².